The minimum Gasteiger partial charge on any atom is -0.299 e. The first-order valence-electron chi connectivity index (χ1n) is 14.8. The fourth-order valence-corrected chi connectivity index (χ4v) is 5.77. The molecule has 0 aliphatic rings. The molecule has 0 N–H and O–H groups in total. The van der Waals surface area contributed by atoms with E-state index in [4.69, 9.17) is 4.98 Å². The first-order valence-corrected chi connectivity index (χ1v) is 14.8. The monoisotopic (exact) mass is 522 g/mol. The molecule has 208 valence electrons. The maximum atomic E-state index is 4.94. The van der Waals surface area contributed by atoms with Gasteiger partial charge in [0, 0.05) is 18.0 Å². The minimum atomic E-state index is 0.200. The molecule has 0 bridgehead atoms. The van der Waals surface area contributed by atoms with Gasteiger partial charge in [-0.25, -0.2) is 4.98 Å². The number of rotatable bonds is 6. The highest BCUT2D eigenvalue weighted by Crippen LogP contribution is 2.40. The number of aryl methyl sites for hydroxylation is 3. The summed E-state index contributed by atoms with van der Waals surface area (Å²) in [6, 6.07) is 18.3. The summed E-state index contributed by atoms with van der Waals surface area (Å²) in [7, 11) is 0. The van der Waals surface area contributed by atoms with E-state index in [1.54, 1.807) is 0 Å². The van der Waals surface area contributed by atoms with Crippen molar-refractivity contribution in [2.24, 2.45) is 5.41 Å². The zero-order chi connectivity index (χ0) is 29.1. The van der Waals surface area contributed by atoms with E-state index in [9.17, 15) is 0 Å². The van der Waals surface area contributed by atoms with Crippen LogP contribution in [0.3, 0.4) is 0 Å². The van der Waals surface area contributed by atoms with Gasteiger partial charge in [0.15, 0.2) is 0 Å². The summed E-state index contributed by atoms with van der Waals surface area (Å²) in [5, 5.41) is 0. The molecule has 2 heteroatoms. The molecule has 0 aliphatic heterocycles. The predicted octanol–water partition coefficient (Wildman–Crippen LogP) is 11.0. The fourth-order valence-electron chi connectivity index (χ4n) is 5.77. The van der Waals surface area contributed by atoms with E-state index < -0.39 is 0 Å². The zero-order valence-electron chi connectivity index (χ0n) is 26.5. The predicted molar refractivity (Wildman–Crippen MR) is 171 cm³/mol. The Morgan fingerprint density at radius 1 is 0.795 bits per heavy atom. The van der Waals surface area contributed by atoms with Crippen molar-refractivity contribution in [1.82, 2.24) is 9.55 Å². The van der Waals surface area contributed by atoms with Crippen molar-refractivity contribution in [2.75, 3.05) is 0 Å². The number of imidazole rings is 1. The minimum absolute atomic E-state index is 0.200. The second-order valence-corrected chi connectivity index (χ2v) is 12.6. The fraction of sp³-hybridized carbons (Fsp3) is 0.432. The maximum Gasteiger partial charge on any atom is 0.144 e. The SMILES string of the molecule is CC.Cc1cc(C)c(-c2cc(C(C)C)c(-n3ccnc3-c3ccccc3CC(C)(C)C)c(C(C)C)c2)c(C)c1. The highest BCUT2D eigenvalue weighted by atomic mass is 15.1. The van der Waals surface area contributed by atoms with Crippen LogP contribution in [0.15, 0.2) is 60.9 Å². The number of aromatic nitrogens is 2. The molecule has 0 unspecified atom stereocenters. The van der Waals surface area contributed by atoms with Gasteiger partial charge in [0.1, 0.15) is 5.82 Å². The molecular formula is C37H50N2. The normalized spacial score (nSPS) is 11.6. The average Bonchev–Trinajstić information content (AvgIpc) is 3.32. The van der Waals surface area contributed by atoms with Crippen LogP contribution in [0, 0.1) is 26.2 Å². The number of hydrogen-bond donors (Lipinski definition) is 0. The summed E-state index contributed by atoms with van der Waals surface area (Å²) < 4.78 is 2.35. The average molecular weight is 523 g/mol. The number of benzene rings is 3. The van der Waals surface area contributed by atoms with Gasteiger partial charge in [0.25, 0.3) is 0 Å². The third-order valence-corrected chi connectivity index (χ3v) is 7.24. The van der Waals surface area contributed by atoms with Gasteiger partial charge in [-0.05, 0) is 95.5 Å². The van der Waals surface area contributed by atoms with Crippen LogP contribution < -0.4 is 0 Å². The summed E-state index contributed by atoms with van der Waals surface area (Å²) in [6.45, 7) is 26.8. The second kappa shape index (κ2) is 12.4. The van der Waals surface area contributed by atoms with Crippen LogP contribution in [0.1, 0.15) is 108 Å². The number of nitrogens with zero attached hydrogens (tertiary/aromatic N) is 2. The van der Waals surface area contributed by atoms with Crippen molar-refractivity contribution in [3.8, 4) is 28.2 Å². The molecule has 1 heterocycles. The van der Waals surface area contributed by atoms with Gasteiger partial charge in [0.2, 0.25) is 0 Å². The Kier molecular flexibility index (Phi) is 9.64. The van der Waals surface area contributed by atoms with E-state index in [1.807, 2.05) is 20.0 Å². The molecule has 2 nitrogen and oxygen atoms in total. The van der Waals surface area contributed by atoms with Gasteiger partial charge < -0.3 is 0 Å². The van der Waals surface area contributed by atoms with E-state index in [1.165, 1.54) is 55.8 Å². The summed E-state index contributed by atoms with van der Waals surface area (Å²) >= 11 is 0. The molecule has 0 fully saturated rings. The van der Waals surface area contributed by atoms with Gasteiger partial charge in [-0.15, -0.1) is 0 Å². The van der Waals surface area contributed by atoms with Crippen LogP contribution in [0.25, 0.3) is 28.2 Å². The van der Waals surface area contributed by atoms with Crippen LogP contribution in [0.2, 0.25) is 0 Å². The maximum absolute atomic E-state index is 4.94. The Hall–Kier alpha value is -3.13. The van der Waals surface area contributed by atoms with E-state index in [-0.39, 0.29) is 5.41 Å². The van der Waals surface area contributed by atoms with Crippen molar-refractivity contribution < 1.29 is 0 Å². The summed E-state index contributed by atoms with van der Waals surface area (Å²) in [6.07, 6.45) is 5.12. The van der Waals surface area contributed by atoms with Crippen LogP contribution in [-0.2, 0) is 6.42 Å². The highest BCUT2D eigenvalue weighted by Gasteiger charge is 2.23. The van der Waals surface area contributed by atoms with Crippen LogP contribution >= 0.6 is 0 Å². The van der Waals surface area contributed by atoms with E-state index in [0.717, 1.165) is 12.2 Å². The van der Waals surface area contributed by atoms with Crippen molar-refractivity contribution in [3.63, 3.8) is 0 Å². The molecule has 3 aromatic carbocycles. The quantitative estimate of drug-likeness (QED) is 0.246. The lowest BCUT2D eigenvalue weighted by molar-refractivity contribution is 0.411. The van der Waals surface area contributed by atoms with Crippen LogP contribution in [-0.4, -0.2) is 9.55 Å². The van der Waals surface area contributed by atoms with Crippen molar-refractivity contribution >= 4 is 0 Å². The topological polar surface area (TPSA) is 17.8 Å². The Morgan fingerprint density at radius 2 is 1.33 bits per heavy atom. The lowest BCUT2D eigenvalue weighted by Gasteiger charge is -2.25. The summed E-state index contributed by atoms with van der Waals surface area (Å²) in [5.41, 5.74) is 13.5. The van der Waals surface area contributed by atoms with Crippen LogP contribution in [0.4, 0.5) is 0 Å². The van der Waals surface area contributed by atoms with Gasteiger partial charge in [-0.3, -0.25) is 4.57 Å². The van der Waals surface area contributed by atoms with Gasteiger partial charge in [0.05, 0.1) is 5.69 Å². The third kappa shape index (κ3) is 6.72. The van der Waals surface area contributed by atoms with Crippen molar-refractivity contribution in [1.29, 1.82) is 0 Å². The first-order chi connectivity index (χ1) is 18.4. The van der Waals surface area contributed by atoms with Crippen LogP contribution in [0.5, 0.6) is 0 Å². The Morgan fingerprint density at radius 3 is 1.85 bits per heavy atom. The van der Waals surface area contributed by atoms with Gasteiger partial charge in [-0.1, -0.05) is 104 Å². The molecule has 0 radical (unpaired) electrons. The molecule has 0 amide bonds. The van der Waals surface area contributed by atoms with Crippen molar-refractivity contribution in [3.05, 3.63) is 94.3 Å². The van der Waals surface area contributed by atoms with E-state index in [2.05, 4.69) is 129 Å². The number of hydrogen-bond acceptors (Lipinski definition) is 1. The zero-order valence-corrected chi connectivity index (χ0v) is 26.5. The van der Waals surface area contributed by atoms with Crippen molar-refractivity contribution in [2.45, 2.75) is 101 Å². The molecule has 39 heavy (non-hydrogen) atoms. The molecule has 0 atom stereocenters. The Bertz CT molecular complexity index is 1360. The molecule has 4 rings (SSSR count). The molecule has 4 aromatic rings. The summed E-state index contributed by atoms with van der Waals surface area (Å²) in [4.78, 5) is 4.94. The lowest BCUT2D eigenvalue weighted by atomic mass is 9.85. The smallest absolute Gasteiger partial charge is 0.144 e. The molecular weight excluding hydrogens is 472 g/mol. The summed E-state index contributed by atoms with van der Waals surface area (Å²) in [5.74, 6) is 1.77. The second-order valence-electron chi connectivity index (χ2n) is 12.6. The molecule has 0 saturated carbocycles. The van der Waals surface area contributed by atoms with E-state index in [0.29, 0.717) is 11.8 Å². The molecule has 0 aliphatic carbocycles. The Labute approximate surface area is 238 Å². The van der Waals surface area contributed by atoms with Gasteiger partial charge >= 0.3 is 0 Å². The molecule has 1 aromatic heterocycles. The largest absolute Gasteiger partial charge is 0.299 e. The highest BCUT2D eigenvalue weighted by molar-refractivity contribution is 5.76. The first kappa shape index (κ1) is 30.4. The van der Waals surface area contributed by atoms with Gasteiger partial charge in [-0.2, -0.15) is 0 Å². The van der Waals surface area contributed by atoms with E-state index >= 15 is 0 Å². The molecule has 0 spiro atoms. The standard InChI is InChI=1S/C35H44N2.C2H6/c1-22(2)30-19-28(32-25(6)17-24(5)18-26(32)7)20-31(23(3)4)33(30)37-16-15-36-34(37)29-14-12-11-13-27(29)21-35(8,9)10;1-2/h11-20,22-23H,21H2,1-10H3;1-2H3. The Balaban J connectivity index is 0.00000205. The lowest BCUT2D eigenvalue weighted by Crippen LogP contribution is -2.12. The molecule has 0 saturated heterocycles. The third-order valence-electron chi connectivity index (χ3n) is 7.24.